The highest BCUT2D eigenvalue weighted by Gasteiger charge is 2.22. The van der Waals surface area contributed by atoms with Crippen LogP contribution in [0, 0.1) is 5.92 Å². The van der Waals surface area contributed by atoms with Gasteiger partial charge in [-0.05, 0) is 31.6 Å². The van der Waals surface area contributed by atoms with Crippen LogP contribution >= 0.6 is 0 Å². The summed E-state index contributed by atoms with van der Waals surface area (Å²) in [5.41, 5.74) is 0. The molecule has 4 nitrogen and oxygen atoms in total. The largest absolute Gasteiger partial charge is 0.313 e. The maximum absolute atomic E-state index is 11.5. The fraction of sp³-hybridized carbons (Fsp3) is 1.00. The Balaban J connectivity index is 1.59. The topological polar surface area (TPSA) is 58.2 Å². The summed E-state index contributed by atoms with van der Waals surface area (Å²) in [6.45, 7) is 1.23. The second kappa shape index (κ2) is 4.80. The molecule has 15 heavy (non-hydrogen) atoms. The summed E-state index contributed by atoms with van der Waals surface area (Å²) in [6, 6.07) is 0.590. The molecule has 2 saturated carbocycles. The first-order chi connectivity index (χ1) is 7.16. The van der Waals surface area contributed by atoms with E-state index in [1.807, 2.05) is 0 Å². The number of hydrogen-bond acceptors (Lipinski definition) is 3. The maximum Gasteiger partial charge on any atom is 0.212 e. The Labute approximate surface area is 91.9 Å². The van der Waals surface area contributed by atoms with Crippen molar-refractivity contribution in [1.82, 2.24) is 10.0 Å². The van der Waals surface area contributed by atoms with E-state index in [9.17, 15) is 8.42 Å². The van der Waals surface area contributed by atoms with Gasteiger partial charge in [0.15, 0.2) is 0 Å². The molecular formula is C10H20N2O2S. The lowest BCUT2D eigenvalue weighted by Gasteiger charge is -2.25. The van der Waals surface area contributed by atoms with Crippen molar-refractivity contribution in [2.75, 3.05) is 18.8 Å². The van der Waals surface area contributed by atoms with Gasteiger partial charge in [-0.15, -0.1) is 0 Å². The van der Waals surface area contributed by atoms with Crippen molar-refractivity contribution in [3.8, 4) is 0 Å². The molecule has 0 radical (unpaired) electrons. The van der Waals surface area contributed by atoms with Gasteiger partial charge >= 0.3 is 0 Å². The van der Waals surface area contributed by atoms with Crippen molar-refractivity contribution in [3.63, 3.8) is 0 Å². The molecule has 0 heterocycles. The molecule has 0 atom stereocenters. The standard InChI is InChI=1S/C10H20N2O2S/c13-15(14,7-6-11-10-4-5-10)12-8-9-2-1-3-9/h9-12H,1-8H2. The van der Waals surface area contributed by atoms with Crippen LogP contribution in [0.4, 0.5) is 0 Å². The molecular weight excluding hydrogens is 212 g/mol. The number of sulfonamides is 1. The van der Waals surface area contributed by atoms with Gasteiger partial charge in [0, 0.05) is 19.1 Å². The monoisotopic (exact) mass is 232 g/mol. The van der Waals surface area contributed by atoms with Gasteiger partial charge in [0.05, 0.1) is 5.75 Å². The first kappa shape index (κ1) is 11.4. The van der Waals surface area contributed by atoms with E-state index in [4.69, 9.17) is 0 Å². The first-order valence-corrected chi connectivity index (χ1v) is 7.52. The van der Waals surface area contributed by atoms with Gasteiger partial charge in [-0.2, -0.15) is 0 Å². The molecule has 2 fully saturated rings. The van der Waals surface area contributed by atoms with Crippen LogP contribution in [0.1, 0.15) is 32.1 Å². The van der Waals surface area contributed by atoms with Crippen LogP contribution in [0.2, 0.25) is 0 Å². The summed E-state index contributed by atoms with van der Waals surface area (Å²) in [4.78, 5) is 0. The predicted molar refractivity (Wildman–Crippen MR) is 60.2 cm³/mol. The molecule has 0 bridgehead atoms. The average Bonchev–Trinajstić information content (AvgIpc) is 2.84. The molecule has 0 aromatic carbocycles. The quantitative estimate of drug-likeness (QED) is 0.670. The van der Waals surface area contributed by atoms with Gasteiger partial charge in [-0.25, -0.2) is 13.1 Å². The number of nitrogens with one attached hydrogen (secondary N) is 2. The summed E-state index contributed by atoms with van der Waals surface area (Å²) in [5.74, 6) is 0.812. The minimum atomic E-state index is -3.03. The molecule has 0 aromatic rings. The summed E-state index contributed by atoms with van der Waals surface area (Å²) < 4.78 is 25.7. The van der Waals surface area contributed by atoms with Crippen molar-refractivity contribution in [3.05, 3.63) is 0 Å². The summed E-state index contributed by atoms with van der Waals surface area (Å²) in [7, 11) is -3.03. The van der Waals surface area contributed by atoms with Crippen molar-refractivity contribution in [2.24, 2.45) is 5.92 Å². The zero-order valence-electron chi connectivity index (χ0n) is 9.04. The molecule has 0 amide bonds. The van der Waals surface area contributed by atoms with E-state index in [-0.39, 0.29) is 5.75 Å². The highest BCUT2D eigenvalue weighted by molar-refractivity contribution is 7.89. The third kappa shape index (κ3) is 4.09. The molecule has 0 aromatic heterocycles. The maximum atomic E-state index is 11.5. The second-order valence-corrected chi connectivity index (χ2v) is 6.62. The van der Waals surface area contributed by atoms with E-state index in [1.165, 1.54) is 32.1 Å². The molecule has 0 saturated heterocycles. The third-order valence-corrected chi connectivity index (χ3v) is 4.55. The van der Waals surface area contributed by atoms with E-state index in [0.29, 0.717) is 25.0 Å². The minimum absolute atomic E-state index is 0.218. The summed E-state index contributed by atoms with van der Waals surface area (Å²) in [5, 5.41) is 3.21. The van der Waals surface area contributed by atoms with Crippen LogP contribution in [-0.4, -0.2) is 33.3 Å². The van der Waals surface area contributed by atoms with E-state index in [2.05, 4.69) is 10.0 Å². The van der Waals surface area contributed by atoms with Crippen LogP contribution in [0.3, 0.4) is 0 Å². The van der Waals surface area contributed by atoms with E-state index < -0.39 is 10.0 Å². The van der Waals surface area contributed by atoms with Gasteiger partial charge in [-0.1, -0.05) is 6.42 Å². The van der Waals surface area contributed by atoms with Crippen LogP contribution in [-0.2, 0) is 10.0 Å². The third-order valence-electron chi connectivity index (χ3n) is 3.20. The van der Waals surface area contributed by atoms with E-state index in [1.54, 1.807) is 0 Å². The first-order valence-electron chi connectivity index (χ1n) is 5.86. The second-order valence-electron chi connectivity index (χ2n) is 4.69. The SMILES string of the molecule is O=S(=O)(CCNC1CC1)NCC1CCC1. The predicted octanol–water partition coefficient (Wildman–Crippen LogP) is 0.458. The highest BCUT2D eigenvalue weighted by atomic mass is 32.2. The summed E-state index contributed by atoms with van der Waals surface area (Å²) >= 11 is 0. The Morgan fingerprint density at radius 2 is 1.87 bits per heavy atom. The van der Waals surface area contributed by atoms with Gasteiger partial charge in [0.25, 0.3) is 0 Å². The lowest BCUT2D eigenvalue weighted by Crippen LogP contribution is -2.36. The molecule has 0 unspecified atom stereocenters. The van der Waals surface area contributed by atoms with Crippen molar-refractivity contribution < 1.29 is 8.42 Å². The minimum Gasteiger partial charge on any atom is -0.313 e. The zero-order valence-corrected chi connectivity index (χ0v) is 9.85. The Morgan fingerprint density at radius 3 is 2.40 bits per heavy atom. The Kier molecular flexibility index (Phi) is 3.64. The fourth-order valence-electron chi connectivity index (χ4n) is 1.70. The van der Waals surface area contributed by atoms with Crippen LogP contribution in [0.5, 0.6) is 0 Å². The van der Waals surface area contributed by atoms with Crippen LogP contribution in [0.15, 0.2) is 0 Å². The molecule has 2 N–H and O–H groups in total. The zero-order chi connectivity index (χ0) is 10.7. The fourth-order valence-corrected chi connectivity index (χ4v) is 2.72. The normalized spacial score (nSPS) is 22.7. The Morgan fingerprint density at radius 1 is 1.13 bits per heavy atom. The van der Waals surface area contributed by atoms with Gasteiger partial charge < -0.3 is 5.32 Å². The molecule has 5 heteroatoms. The molecule has 0 spiro atoms. The molecule has 0 aliphatic heterocycles. The van der Waals surface area contributed by atoms with E-state index in [0.717, 1.165) is 0 Å². The van der Waals surface area contributed by atoms with Gasteiger partial charge in [0.2, 0.25) is 10.0 Å². The van der Waals surface area contributed by atoms with Crippen molar-refractivity contribution in [2.45, 2.75) is 38.1 Å². The molecule has 2 aliphatic carbocycles. The van der Waals surface area contributed by atoms with Crippen molar-refractivity contribution >= 4 is 10.0 Å². The molecule has 2 aliphatic rings. The average molecular weight is 232 g/mol. The highest BCUT2D eigenvalue weighted by Crippen LogP contribution is 2.25. The Hall–Kier alpha value is -0.130. The van der Waals surface area contributed by atoms with E-state index >= 15 is 0 Å². The number of rotatable bonds is 7. The molecule has 88 valence electrons. The van der Waals surface area contributed by atoms with Gasteiger partial charge in [0.1, 0.15) is 0 Å². The summed E-state index contributed by atoms with van der Waals surface area (Å²) in [6.07, 6.45) is 6.03. The lowest BCUT2D eigenvalue weighted by atomic mass is 9.86. The van der Waals surface area contributed by atoms with Crippen molar-refractivity contribution in [1.29, 1.82) is 0 Å². The molecule has 2 rings (SSSR count). The Bertz CT molecular complexity index is 295. The van der Waals surface area contributed by atoms with Crippen LogP contribution < -0.4 is 10.0 Å². The number of hydrogen-bond donors (Lipinski definition) is 2. The lowest BCUT2D eigenvalue weighted by molar-refractivity contribution is 0.316. The van der Waals surface area contributed by atoms with Crippen LogP contribution in [0.25, 0.3) is 0 Å². The smallest absolute Gasteiger partial charge is 0.212 e. The van der Waals surface area contributed by atoms with Gasteiger partial charge in [-0.3, -0.25) is 0 Å².